The molecule has 3 rings (SSSR count). The minimum Gasteiger partial charge on any atom is -0.340 e. The highest BCUT2D eigenvalue weighted by molar-refractivity contribution is 6.00. The van der Waals surface area contributed by atoms with Crippen LogP contribution < -0.4 is 5.32 Å². The number of carbonyl (C=O) groups excluding carboxylic acids is 2. The molecule has 0 bridgehead atoms. The molecular formula is C18H22N4O2. The van der Waals surface area contributed by atoms with E-state index in [-0.39, 0.29) is 23.7 Å². The third-order valence-corrected chi connectivity index (χ3v) is 4.88. The largest absolute Gasteiger partial charge is 0.340 e. The molecule has 2 unspecified atom stereocenters. The summed E-state index contributed by atoms with van der Waals surface area (Å²) in [6, 6.07) is 8.97. The number of hydrogen-bond acceptors (Lipinski definition) is 4. The second kappa shape index (κ2) is 7.02. The fraction of sp³-hybridized carbons (Fsp3) is 0.500. The Hall–Kier alpha value is -2.39. The van der Waals surface area contributed by atoms with Crippen molar-refractivity contribution in [2.24, 2.45) is 11.8 Å². The zero-order valence-corrected chi connectivity index (χ0v) is 13.9. The molecule has 2 aliphatic rings. The average molecular weight is 326 g/mol. The fourth-order valence-electron chi connectivity index (χ4n) is 3.19. The summed E-state index contributed by atoms with van der Waals surface area (Å²) < 4.78 is 0. The van der Waals surface area contributed by atoms with Gasteiger partial charge in [-0.1, -0.05) is 19.1 Å². The number of nitrogens with zero attached hydrogens (tertiary/aromatic N) is 3. The highest BCUT2D eigenvalue weighted by Crippen LogP contribution is 2.41. The maximum Gasteiger partial charge on any atom is 0.228 e. The maximum atomic E-state index is 12.5. The van der Waals surface area contributed by atoms with Crippen molar-refractivity contribution in [1.29, 1.82) is 5.26 Å². The lowest BCUT2D eigenvalue weighted by Crippen LogP contribution is -2.49. The Kier molecular flexibility index (Phi) is 4.81. The first kappa shape index (κ1) is 16.5. The lowest BCUT2D eigenvalue weighted by molar-refractivity contribution is -0.135. The van der Waals surface area contributed by atoms with Gasteiger partial charge < -0.3 is 15.1 Å². The van der Waals surface area contributed by atoms with E-state index in [9.17, 15) is 9.59 Å². The van der Waals surface area contributed by atoms with Crippen LogP contribution in [0.5, 0.6) is 0 Å². The summed E-state index contributed by atoms with van der Waals surface area (Å²) in [5, 5.41) is 11.9. The van der Waals surface area contributed by atoms with Crippen LogP contribution in [0, 0.1) is 23.2 Å². The normalized spacial score (nSPS) is 23.4. The van der Waals surface area contributed by atoms with Gasteiger partial charge in [-0.25, -0.2) is 0 Å². The first-order chi connectivity index (χ1) is 11.6. The first-order valence-electron chi connectivity index (χ1n) is 8.45. The summed E-state index contributed by atoms with van der Waals surface area (Å²) in [4.78, 5) is 29.1. The summed E-state index contributed by atoms with van der Waals surface area (Å²) in [6.07, 6.45) is 0.605. The molecule has 1 aromatic carbocycles. The van der Waals surface area contributed by atoms with Crippen LogP contribution in [0.1, 0.15) is 18.9 Å². The molecular weight excluding hydrogens is 304 g/mol. The SMILES string of the molecule is CCN1CCN(C(=O)C2CC2C(=O)Nc2ccccc2C#N)CC1. The van der Waals surface area contributed by atoms with Gasteiger partial charge in [-0.3, -0.25) is 9.59 Å². The third kappa shape index (κ3) is 3.41. The van der Waals surface area contributed by atoms with Gasteiger partial charge in [-0.2, -0.15) is 5.26 Å². The second-order valence-electron chi connectivity index (χ2n) is 6.35. The van der Waals surface area contributed by atoms with Crippen molar-refractivity contribution < 1.29 is 9.59 Å². The maximum absolute atomic E-state index is 12.5. The molecule has 2 fully saturated rings. The van der Waals surface area contributed by atoms with E-state index in [1.54, 1.807) is 24.3 Å². The Bertz CT molecular complexity index is 674. The molecule has 1 aliphatic carbocycles. The summed E-state index contributed by atoms with van der Waals surface area (Å²) in [6.45, 7) is 6.43. The number of anilines is 1. The average Bonchev–Trinajstić information content (AvgIpc) is 3.42. The number of nitriles is 1. The van der Waals surface area contributed by atoms with Crippen LogP contribution >= 0.6 is 0 Å². The predicted molar refractivity (Wildman–Crippen MR) is 90.1 cm³/mol. The van der Waals surface area contributed by atoms with Gasteiger partial charge >= 0.3 is 0 Å². The number of hydrogen-bond donors (Lipinski definition) is 1. The number of rotatable bonds is 4. The molecule has 1 saturated carbocycles. The van der Waals surface area contributed by atoms with Crippen LogP contribution in [0.2, 0.25) is 0 Å². The highest BCUT2D eigenvalue weighted by atomic mass is 16.2. The smallest absolute Gasteiger partial charge is 0.228 e. The number of carbonyl (C=O) groups is 2. The number of amides is 2. The molecule has 126 valence electrons. The Balaban J connectivity index is 1.54. The standard InChI is InChI=1S/C18H22N4O2/c1-2-21-7-9-22(10-8-21)18(24)15-11-14(15)17(23)20-16-6-4-3-5-13(16)12-19/h3-6,14-15H,2,7-11H2,1H3,(H,20,23). The van der Waals surface area contributed by atoms with E-state index in [0.29, 0.717) is 17.7 Å². The summed E-state index contributed by atoms with van der Waals surface area (Å²) in [5.74, 6) is -0.538. The van der Waals surface area contributed by atoms with Gasteiger partial charge in [0.1, 0.15) is 6.07 Å². The number of piperazine rings is 1. The van der Waals surface area contributed by atoms with E-state index in [2.05, 4.69) is 23.2 Å². The van der Waals surface area contributed by atoms with Gasteiger partial charge in [0.25, 0.3) is 0 Å². The van der Waals surface area contributed by atoms with Crippen molar-refractivity contribution in [1.82, 2.24) is 9.80 Å². The van der Waals surface area contributed by atoms with Gasteiger partial charge in [0.05, 0.1) is 23.1 Å². The van der Waals surface area contributed by atoms with Crippen molar-refractivity contribution >= 4 is 17.5 Å². The molecule has 0 radical (unpaired) electrons. The van der Waals surface area contributed by atoms with Crippen LogP contribution in [-0.4, -0.2) is 54.3 Å². The van der Waals surface area contributed by atoms with Crippen LogP contribution in [0.3, 0.4) is 0 Å². The van der Waals surface area contributed by atoms with Crippen molar-refractivity contribution in [3.63, 3.8) is 0 Å². The molecule has 0 spiro atoms. The fourth-order valence-corrected chi connectivity index (χ4v) is 3.19. The molecule has 6 nitrogen and oxygen atoms in total. The summed E-state index contributed by atoms with van der Waals surface area (Å²) >= 11 is 0. The molecule has 6 heteroatoms. The molecule has 2 atom stereocenters. The number of benzene rings is 1. The molecule has 1 aromatic rings. The lowest BCUT2D eigenvalue weighted by Gasteiger charge is -2.34. The van der Waals surface area contributed by atoms with Gasteiger partial charge in [-0.15, -0.1) is 0 Å². The van der Waals surface area contributed by atoms with Gasteiger partial charge in [0, 0.05) is 26.2 Å². The highest BCUT2D eigenvalue weighted by Gasteiger charge is 2.49. The Morgan fingerprint density at radius 1 is 1.21 bits per heavy atom. The Morgan fingerprint density at radius 3 is 2.58 bits per heavy atom. The molecule has 0 aromatic heterocycles. The van der Waals surface area contributed by atoms with Gasteiger partial charge in [-0.05, 0) is 25.1 Å². The third-order valence-electron chi connectivity index (χ3n) is 4.88. The van der Waals surface area contributed by atoms with E-state index >= 15 is 0 Å². The van der Waals surface area contributed by atoms with Crippen LogP contribution in [-0.2, 0) is 9.59 Å². The summed E-state index contributed by atoms with van der Waals surface area (Å²) in [7, 11) is 0. The topological polar surface area (TPSA) is 76.4 Å². The van der Waals surface area contributed by atoms with E-state index in [1.165, 1.54) is 0 Å². The molecule has 2 amide bonds. The molecule has 1 saturated heterocycles. The number of para-hydroxylation sites is 1. The molecule has 1 heterocycles. The minimum atomic E-state index is -0.270. The Morgan fingerprint density at radius 2 is 1.92 bits per heavy atom. The van der Waals surface area contributed by atoms with Gasteiger partial charge in [0.2, 0.25) is 11.8 Å². The zero-order valence-electron chi connectivity index (χ0n) is 13.9. The number of nitrogens with one attached hydrogen (secondary N) is 1. The minimum absolute atomic E-state index is 0.0967. The number of likely N-dealkylation sites (N-methyl/N-ethyl adjacent to an activating group) is 1. The summed E-state index contributed by atoms with van der Waals surface area (Å²) in [5.41, 5.74) is 0.949. The van der Waals surface area contributed by atoms with Crippen molar-refractivity contribution in [2.45, 2.75) is 13.3 Å². The van der Waals surface area contributed by atoms with E-state index in [1.807, 2.05) is 4.90 Å². The second-order valence-corrected chi connectivity index (χ2v) is 6.35. The molecule has 24 heavy (non-hydrogen) atoms. The Labute approximate surface area is 142 Å². The lowest BCUT2D eigenvalue weighted by atomic mass is 10.2. The first-order valence-corrected chi connectivity index (χ1v) is 8.45. The van der Waals surface area contributed by atoms with Crippen LogP contribution in [0.4, 0.5) is 5.69 Å². The van der Waals surface area contributed by atoms with E-state index in [4.69, 9.17) is 5.26 Å². The molecule has 1 N–H and O–H groups in total. The van der Waals surface area contributed by atoms with E-state index < -0.39 is 0 Å². The van der Waals surface area contributed by atoms with Crippen molar-refractivity contribution in [2.75, 3.05) is 38.0 Å². The van der Waals surface area contributed by atoms with Crippen LogP contribution in [0.25, 0.3) is 0 Å². The van der Waals surface area contributed by atoms with Gasteiger partial charge in [0.15, 0.2) is 0 Å². The van der Waals surface area contributed by atoms with Crippen molar-refractivity contribution in [3.8, 4) is 6.07 Å². The quantitative estimate of drug-likeness (QED) is 0.905. The van der Waals surface area contributed by atoms with Crippen LogP contribution in [0.15, 0.2) is 24.3 Å². The van der Waals surface area contributed by atoms with E-state index in [0.717, 1.165) is 32.7 Å². The zero-order chi connectivity index (χ0) is 17.1. The molecule has 1 aliphatic heterocycles. The van der Waals surface area contributed by atoms with Crippen molar-refractivity contribution in [3.05, 3.63) is 29.8 Å². The predicted octanol–water partition coefficient (Wildman–Crippen LogP) is 1.30. The monoisotopic (exact) mass is 326 g/mol.